The fraction of sp³-hybridized carbons (Fsp3) is 0.333. The third kappa shape index (κ3) is 4.86. The van der Waals surface area contributed by atoms with E-state index in [1.807, 2.05) is 43.4 Å². The average molecular weight is 484 g/mol. The number of nitrogens with one attached hydrogen (secondary N) is 1. The van der Waals surface area contributed by atoms with Gasteiger partial charge in [0.1, 0.15) is 11.6 Å². The van der Waals surface area contributed by atoms with Crippen molar-refractivity contribution in [3.63, 3.8) is 0 Å². The molecule has 0 bridgehead atoms. The molecule has 6 heteroatoms. The van der Waals surface area contributed by atoms with Gasteiger partial charge in [-0.2, -0.15) is 0 Å². The minimum atomic E-state index is -0.482. The Morgan fingerprint density at radius 2 is 1.83 bits per heavy atom. The van der Waals surface area contributed by atoms with Crippen LogP contribution in [0.25, 0.3) is 22.2 Å². The lowest BCUT2D eigenvalue weighted by molar-refractivity contribution is -0.136. The lowest BCUT2D eigenvalue weighted by Gasteiger charge is -2.36. The van der Waals surface area contributed by atoms with Crippen molar-refractivity contribution >= 4 is 16.9 Å². The molecule has 0 radical (unpaired) electrons. The van der Waals surface area contributed by atoms with Crippen molar-refractivity contribution in [2.24, 2.45) is 12.5 Å². The number of para-hydroxylation sites is 3. The zero-order valence-electron chi connectivity index (χ0n) is 21.0. The molecule has 0 spiro atoms. The summed E-state index contributed by atoms with van der Waals surface area (Å²) >= 11 is 0. The maximum Gasteiger partial charge on any atom is 0.226 e. The standard InChI is InChI=1S/C30H33N3O3/c1-33-26-12-5-4-11-25(26)32-28(33)14-17-31-29(34)30(15-18-36-19-16-30)21-22-8-7-9-23(20-22)24-10-3-6-13-27(24)35-2/h3-13,20H,14-19,21H2,1-2H3,(H,31,34). The second-order valence-electron chi connectivity index (χ2n) is 9.55. The molecule has 5 rings (SSSR count). The van der Waals surface area contributed by atoms with E-state index >= 15 is 0 Å². The largest absolute Gasteiger partial charge is 0.496 e. The van der Waals surface area contributed by atoms with E-state index in [1.54, 1.807) is 7.11 Å². The number of nitrogens with zero attached hydrogens (tertiary/aromatic N) is 2. The van der Waals surface area contributed by atoms with Crippen LogP contribution in [-0.4, -0.2) is 42.3 Å². The first-order valence-electron chi connectivity index (χ1n) is 12.6. The molecule has 0 saturated carbocycles. The van der Waals surface area contributed by atoms with Crippen LogP contribution in [0, 0.1) is 5.41 Å². The van der Waals surface area contributed by atoms with E-state index < -0.39 is 5.41 Å². The van der Waals surface area contributed by atoms with Gasteiger partial charge in [0.25, 0.3) is 0 Å². The maximum atomic E-state index is 13.6. The molecule has 0 atom stereocenters. The first-order valence-corrected chi connectivity index (χ1v) is 12.6. The zero-order valence-corrected chi connectivity index (χ0v) is 21.0. The predicted molar refractivity (Wildman–Crippen MR) is 142 cm³/mol. The number of fused-ring (bicyclic) bond motifs is 1. The van der Waals surface area contributed by atoms with Gasteiger partial charge in [-0.3, -0.25) is 4.79 Å². The second-order valence-corrected chi connectivity index (χ2v) is 9.55. The predicted octanol–water partition coefficient (Wildman–Crippen LogP) is 4.95. The van der Waals surface area contributed by atoms with E-state index in [9.17, 15) is 4.79 Å². The van der Waals surface area contributed by atoms with Crippen molar-refractivity contribution in [1.29, 1.82) is 0 Å². The maximum absolute atomic E-state index is 13.6. The number of imidazole rings is 1. The Hall–Kier alpha value is -3.64. The fourth-order valence-corrected chi connectivity index (χ4v) is 5.26. The van der Waals surface area contributed by atoms with Crippen LogP contribution in [-0.2, 0) is 29.4 Å². The monoisotopic (exact) mass is 483 g/mol. The van der Waals surface area contributed by atoms with Gasteiger partial charge < -0.3 is 19.4 Å². The Bertz CT molecular complexity index is 1350. The molecule has 4 aromatic rings. The third-order valence-corrected chi connectivity index (χ3v) is 7.33. The highest BCUT2D eigenvalue weighted by atomic mass is 16.5. The molecule has 36 heavy (non-hydrogen) atoms. The van der Waals surface area contributed by atoms with E-state index in [0.717, 1.165) is 39.3 Å². The van der Waals surface area contributed by atoms with Gasteiger partial charge in [0, 0.05) is 38.8 Å². The Kier molecular flexibility index (Phi) is 7.05. The normalized spacial score (nSPS) is 15.1. The zero-order chi connectivity index (χ0) is 25.0. The number of hydrogen-bond donors (Lipinski definition) is 1. The number of carbonyl (C=O) groups is 1. The van der Waals surface area contributed by atoms with Crippen LogP contribution >= 0.6 is 0 Å². The number of carbonyl (C=O) groups excluding carboxylic acids is 1. The Morgan fingerprint density at radius 3 is 2.64 bits per heavy atom. The topological polar surface area (TPSA) is 65.4 Å². The first kappa shape index (κ1) is 24.1. The lowest BCUT2D eigenvalue weighted by atomic mass is 9.74. The summed E-state index contributed by atoms with van der Waals surface area (Å²) in [6, 6.07) is 24.6. The summed E-state index contributed by atoms with van der Waals surface area (Å²) in [4.78, 5) is 18.4. The summed E-state index contributed by atoms with van der Waals surface area (Å²) in [5.41, 5.74) is 4.89. The van der Waals surface area contributed by atoms with E-state index in [-0.39, 0.29) is 5.91 Å². The molecule has 0 unspecified atom stereocenters. The molecule has 1 aliphatic rings. The molecular weight excluding hydrogens is 450 g/mol. The minimum Gasteiger partial charge on any atom is -0.496 e. The van der Waals surface area contributed by atoms with Crippen LogP contribution in [0.5, 0.6) is 5.75 Å². The van der Waals surface area contributed by atoms with Crippen molar-refractivity contribution < 1.29 is 14.3 Å². The quantitative estimate of drug-likeness (QED) is 0.385. The van der Waals surface area contributed by atoms with E-state index in [0.29, 0.717) is 45.4 Å². The number of ether oxygens (including phenoxy) is 2. The van der Waals surface area contributed by atoms with Crippen molar-refractivity contribution in [1.82, 2.24) is 14.9 Å². The molecule has 1 amide bonds. The number of hydrogen-bond acceptors (Lipinski definition) is 4. The van der Waals surface area contributed by atoms with E-state index in [4.69, 9.17) is 14.5 Å². The number of methoxy groups -OCH3 is 1. The number of aryl methyl sites for hydroxylation is 1. The van der Waals surface area contributed by atoms with Crippen molar-refractivity contribution in [3.8, 4) is 16.9 Å². The average Bonchev–Trinajstić information content (AvgIpc) is 3.24. The van der Waals surface area contributed by atoms with Gasteiger partial charge in [0.05, 0.1) is 23.6 Å². The number of rotatable bonds is 8. The molecule has 3 aromatic carbocycles. The van der Waals surface area contributed by atoms with Crippen LogP contribution < -0.4 is 10.1 Å². The molecule has 2 heterocycles. The van der Waals surface area contributed by atoms with Crippen LogP contribution in [0.3, 0.4) is 0 Å². The molecule has 6 nitrogen and oxygen atoms in total. The van der Waals surface area contributed by atoms with Gasteiger partial charge in [-0.05, 0) is 48.6 Å². The summed E-state index contributed by atoms with van der Waals surface area (Å²) in [6.45, 7) is 1.76. The fourth-order valence-electron chi connectivity index (χ4n) is 5.26. The van der Waals surface area contributed by atoms with Gasteiger partial charge in [-0.25, -0.2) is 4.98 Å². The highest BCUT2D eigenvalue weighted by molar-refractivity contribution is 5.83. The van der Waals surface area contributed by atoms with Crippen LogP contribution in [0.2, 0.25) is 0 Å². The molecule has 1 N–H and O–H groups in total. The highest BCUT2D eigenvalue weighted by Gasteiger charge is 2.40. The molecule has 1 saturated heterocycles. The molecule has 1 aliphatic heterocycles. The van der Waals surface area contributed by atoms with Crippen LogP contribution in [0.1, 0.15) is 24.2 Å². The number of benzene rings is 3. The smallest absolute Gasteiger partial charge is 0.226 e. The Labute approximate surface area is 212 Å². The third-order valence-electron chi connectivity index (χ3n) is 7.33. The van der Waals surface area contributed by atoms with Gasteiger partial charge in [0.15, 0.2) is 0 Å². The van der Waals surface area contributed by atoms with E-state index in [2.05, 4.69) is 46.3 Å². The van der Waals surface area contributed by atoms with Gasteiger partial charge in [0.2, 0.25) is 5.91 Å². The van der Waals surface area contributed by atoms with Gasteiger partial charge in [-0.1, -0.05) is 54.6 Å². The summed E-state index contributed by atoms with van der Waals surface area (Å²) < 4.78 is 13.3. The minimum absolute atomic E-state index is 0.104. The summed E-state index contributed by atoms with van der Waals surface area (Å²) in [5, 5.41) is 3.23. The van der Waals surface area contributed by atoms with Crippen LogP contribution in [0.15, 0.2) is 72.8 Å². The molecule has 0 aliphatic carbocycles. The van der Waals surface area contributed by atoms with Crippen molar-refractivity contribution in [3.05, 3.63) is 84.2 Å². The Morgan fingerprint density at radius 1 is 1.06 bits per heavy atom. The van der Waals surface area contributed by atoms with Crippen molar-refractivity contribution in [2.75, 3.05) is 26.9 Å². The van der Waals surface area contributed by atoms with Gasteiger partial charge in [-0.15, -0.1) is 0 Å². The van der Waals surface area contributed by atoms with Crippen LogP contribution in [0.4, 0.5) is 0 Å². The summed E-state index contributed by atoms with van der Waals surface area (Å²) in [7, 11) is 3.72. The molecular formula is C30H33N3O3. The number of amides is 1. The molecule has 186 valence electrons. The number of aromatic nitrogens is 2. The second kappa shape index (κ2) is 10.5. The van der Waals surface area contributed by atoms with E-state index in [1.165, 1.54) is 0 Å². The first-order chi connectivity index (χ1) is 17.6. The summed E-state index contributed by atoms with van der Waals surface area (Å²) in [5.74, 6) is 1.92. The summed E-state index contributed by atoms with van der Waals surface area (Å²) in [6.07, 6.45) is 2.79. The highest BCUT2D eigenvalue weighted by Crippen LogP contribution is 2.37. The van der Waals surface area contributed by atoms with Gasteiger partial charge >= 0.3 is 0 Å². The Balaban J connectivity index is 1.31. The molecule has 1 fully saturated rings. The lowest BCUT2D eigenvalue weighted by Crippen LogP contribution is -2.46. The molecule has 1 aromatic heterocycles. The SMILES string of the molecule is COc1ccccc1-c1cccc(CC2(C(=O)NCCc3nc4ccccc4n3C)CCOCC2)c1. The van der Waals surface area contributed by atoms with Crippen molar-refractivity contribution in [2.45, 2.75) is 25.7 Å².